The normalized spacial score (nSPS) is 19.7. The molecule has 3 aromatic heterocycles. The van der Waals surface area contributed by atoms with Crippen LogP contribution in [0.15, 0.2) is 91.4 Å². The van der Waals surface area contributed by atoms with Crippen LogP contribution in [0.3, 0.4) is 0 Å². The number of pyridine rings is 1. The van der Waals surface area contributed by atoms with E-state index in [1.807, 2.05) is 53.4 Å². The Labute approximate surface area is 403 Å². The molecule has 4 N–H and O–H groups in total. The number of amides is 4. The van der Waals surface area contributed by atoms with E-state index in [-0.39, 0.29) is 29.9 Å². The summed E-state index contributed by atoms with van der Waals surface area (Å²) < 4.78 is 37.5. The molecule has 0 spiro atoms. The van der Waals surface area contributed by atoms with Gasteiger partial charge in [0.25, 0.3) is 5.91 Å². The number of hydrogen-bond acceptors (Lipinski definition) is 11. The van der Waals surface area contributed by atoms with Gasteiger partial charge in [-0.1, -0.05) is 48.5 Å². The number of carbonyl (C=O) groups is 4. The van der Waals surface area contributed by atoms with E-state index in [9.17, 15) is 19.2 Å². The number of aromatic amines is 2. The lowest BCUT2D eigenvalue weighted by molar-refractivity contribution is -0.137. The summed E-state index contributed by atoms with van der Waals surface area (Å²) in [6.07, 6.45) is 9.00. The molecule has 3 aromatic carbocycles. The molecule has 7 heterocycles. The average Bonchev–Trinajstić information content (AvgIpc) is 4.26. The number of nitrogens with one attached hydrogen (secondary N) is 4. The Hall–Kier alpha value is -7.18. The number of alkyl carbamates (subject to hydrolysis) is 2. The predicted molar refractivity (Wildman–Crippen MR) is 255 cm³/mol. The first-order chi connectivity index (χ1) is 34.2. The molecule has 10 rings (SSSR count). The summed E-state index contributed by atoms with van der Waals surface area (Å²) >= 11 is 0. The summed E-state index contributed by atoms with van der Waals surface area (Å²) in [6.45, 7) is 3.13. The standard InChI is InChI=1S/C52H56FN9O8/c1-67-51(65)59-46(32-15-21-68-22-16-32)50(64)61-19-5-9-43(61)47-55-29-41(57-47)34-12-11-33-27-40(54-28-36(33)25-34)35-13-14-38(39(53)26-35)42-30-56-48(58-42)44-10-6-20-62(44)49(63)45(31-7-3-2-4-8-31)60-52(66)70-37-17-23-69-24-18-37/h2-4,7-8,11-14,25-30,32,37,43-46H,5-6,9-10,15-24H2,1H3,(H,55,57)(H,56,58)(H,59,65)(H,60,66)/t43-,44-,45+,46-/m0/s1. The van der Waals surface area contributed by atoms with Gasteiger partial charge in [0, 0.05) is 67.4 Å². The maximum Gasteiger partial charge on any atom is 0.408 e. The van der Waals surface area contributed by atoms with E-state index < -0.39 is 36.1 Å². The SMILES string of the molecule is COC(=O)N[C@H](C(=O)N1CCC[C@H]1c1ncc(-c2ccc3cc(-c4ccc(-c5cnc([C@@H]6CCCN6C(=O)[C@H](NC(=O)OC6CCOCC6)c6ccccc6)[nH]5)c(F)c4)ncc3c2)[nH]1)C1CCOCC1. The van der Waals surface area contributed by atoms with E-state index >= 15 is 4.39 Å². The minimum absolute atomic E-state index is 0.0579. The summed E-state index contributed by atoms with van der Waals surface area (Å²) in [6, 6.07) is 19.6. The molecule has 4 aliphatic heterocycles. The van der Waals surface area contributed by atoms with Gasteiger partial charge < -0.3 is 49.3 Å². The van der Waals surface area contributed by atoms with Crippen molar-refractivity contribution in [1.29, 1.82) is 0 Å². The van der Waals surface area contributed by atoms with Crippen LogP contribution in [0.1, 0.15) is 86.7 Å². The number of fused-ring (bicyclic) bond motifs is 1. The van der Waals surface area contributed by atoms with E-state index in [1.165, 1.54) is 13.2 Å². The van der Waals surface area contributed by atoms with E-state index in [0.29, 0.717) is 111 Å². The second-order valence-electron chi connectivity index (χ2n) is 18.3. The highest BCUT2D eigenvalue weighted by Crippen LogP contribution is 2.37. The third kappa shape index (κ3) is 9.96. The lowest BCUT2D eigenvalue weighted by atomic mass is 9.90. The number of hydrogen-bond donors (Lipinski definition) is 4. The maximum absolute atomic E-state index is 16.1. The highest BCUT2D eigenvalue weighted by molar-refractivity contribution is 5.90. The Morgan fingerprint density at radius 3 is 2.04 bits per heavy atom. The van der Waals surface area contributed by atoms with Gasteiger partial charge in [0.15, 0.2) is 0 Å². The zero-order chi connectivity index (χ0) is 48.1. The average molecular weight is 954 g/mol. The van der Waals surface area contributed by atoms with Crippen LogP contribution in [-0.4, -0.2) is 117 Å². The van der Waals surface area contributed by atoms with Gasteiger partial charge in [-0.2, -0.15) is 0 Å². The predicted octanol–water partition coefficient (Wildman–Crippen LogP) is 7.95. The van der Waals surface area contributed by atoms with Crippen LogP contribution in [-0.2, 0) is 28.5 Å². The molecule has 0 bridgehead atoms. The van der Waals surface area contributed by atoms with Crippen LogP contribution in [0.4, 0.5) is 14.0 Å². The fourth-order valence-corrected chi connectivity index (χ4v) is 10.3. The number of likely N-dealkylation sites (tertiary alicyclic amines) is 2. The Kier molecular flexibility index (Phi) is 13.8. The number of ether oxygens (including phenoxy) is 4. The van der Waals surface area contributed by atoms with E-state index in [4.69, 9.17) is 28.9 Å². The van der Waals surface area contributed by atoms with E-state index in [0.717, 1.165) is 41.3 Å². The number of H-pyrrole nitrogens is 2. The van der Waals surface area contributed by atoms with Gasteiger partial charge in [0.05, 0.1) is 61.9 Å². The molecule has 70 heavy (non-hydrogen) atoms. The van der Waals surface area contributed by atoms with Crippen molar-refractivity contribution < 1.29 is 42.5 Å². The van der Waals surface area contributed by atoms with Crippen LogP contribution in [0.5, 0.6) is 0 Å². The summed E-state index contributed by atoms with van der Waals surface area (Å²) in [5.41, 5.74) is 4.31. The van der Waals surface area contributed by atoms with E-state index in [1.54, 1.807) is 41.7 Å². The molecule has 0 unspecified atom stereocenters. The Bertz CT molecular complexity index is 2840. The van der Waals surface area contributed by atoms with Gasteiger partial charge in [-0.25, -0.2) is 23.9 Å². The second-order valence-corrected chi connectivity index (χ2v) is 18.3. The lowest BCUT2D eigenvalue weighted by Crippen LogP contribution is -2.53. The van der Waals surface area contributed by atoms with Crippen molar-refractivity contribution in [3.8, 4) is 33.8 Å². The molecule has 4 aliphatic rings. The van der Waals surface area contributed by atoms with Crippen molar-refractivity contribution in [2.45, 2.75) is 81.6 Å². The first kappa shape index (κ1) is 46.5. The zero-order valence-corrected chi connectivity index (χ0v) is 38.9. The molecular formula is C52H56FN9O8. The largest absolute Gasteiger partial charge is 0.453 e. The van der Waals surface area contributed by atoms with Gasteiger partial charge in [-0.05, 0) is 79.7 Å². The maximum atomic E-state index is 16.1. The lowest BCUT2D eigenvalue weighted by Gasteiger charge is -2.34. The molecule has 4 fully saturated rings. The fraction of sp³-hybridized carbons (Fsp3) is 0.404. The topological polar surface area (TPSA) is 206 Å². The third-order valence-corrected chi connectivity index (χ3v) is 14.0. The van der Waals surface area contributed by atoms with Crippen molar-refractivity contribution >= 4 is 34.8 Å². The minimum atomic E-state index is -0.974. The summed E-state index contributed by atoms with van der Waals surface area (Å²) in [5.74, 6) is 0.260. The molecule has 0 saturated carbocycles. The number of methoxy groups -OCH3 is 1. The van der Waals surface area contributed by atoms with Crippen molar-refractivity contribution in [3.63, 3.8) is 0 Å². The Morgan fingerprint density at radius 1 is 0.686 bits per heavy atom. The zero-order valence-electron chi connectivity index (χ0n) is 38.9. The number of aromatic nitrogens is 5. The number of halogens is 1. The molecule has 364 valence electrons. The molecule has 4 atom stereocenters. The second kappa shape index (κ2) is 20.8. The number of benzene rings is 3. The van der Waals surface area contributed by atoms with Gasteiger partial charge in [0.1, 0.15) is 35.7 Å². The van der Waals surface area contributed by atoms with Crippen LogP contribution < -0.4 is 10.6 Å². The van der Waals surface area contributed by atoms with Crippen LogP contribution >= 0.6 is 0 Å². The Balaban J connectivity index is 0.811. The van der Waals surface area contributed by atoms with Crippen LogP contribution in [0.25, 0.3) is 44.5 Å². The van der Waals surface area contributed by atoms with Gasteiger partial charge >= 0.3 is 12.2 Å². The quantitative estimate of drug-likeness (QED) is 0.0926. The van der Waals surface area contributed by atoms with Crippen molar-refractivity contribution in [1.82, 2.24) is 45.4 Å². The van der Waals surface area contributed by atoms with Gasteiger partial charge in [-0.15, -0.1) is 0 Å². The summed E-state index contributed by atoms with van der Waals surface area (Å²) in [4.78, 5) is 78.1. The van der Waals surface area contributed by atoms with Crippen molar-refractivity contribution in [2.24, 2.45) is 5.92 Å². The van der Waals surface area contributed by atoms with Crippen molar-refractivity contribution in [3.05, 3.63) is 114 Å². The highest BCUT2D eigenvalue weighted by Gasteiger charge is 2.41. The molecule has 4 saturated heterocycles. The highest BCUT2D eigenvalue weighted by atomic mass is 19.1. The van der Waals surface area contributed by atoms with Crippen LogP contribution in [0.2, 0.25) is 0 Å². The molecular weight excluding hydrogens is 898 g/mol. The minimum Gasteiger partial charge on any atom is -0.453 e. The summed E-state index contributed by atoms with van der Waals surface area (Å²) in [5, 5.41) is 7.42. The number of carbonyl (C=O) groups excluding carboxylic acids is 4. The molecule has 4 amide bonds. The molecule has 0 radical (unpaired) electrons. The molecule has 17 nitrogen and oxygen atoms in total. The van der Waals surface area contributed by atoms with Gasteiger partial charge in [-0.3, -0.25) is 14.6 Å². The third-order valence-electron chi connectivity index (χ3n) is 14.0. The molecule has 0 aliphatic carbocycles. The number of imidazole rings is 2. The van der Waals surface area contributed by atoms with Gasteiger partial charge in [0.2, 0.25) is 5.91 Å². The smallest absolute Gasteiger partial charge is 0.408 e. The summed E-state index contributed by atoms with van der Waals surface area (Å²) in [7, 11) is 1.29. The molecule has 18 heteroatoms. The number of nitrogens with zero attached hydrogens (tertiary/aromatic N) is 5. The number of rotatable bonds is 12. The van der Waals surface area contributed by atoms with Crippen molar-refractivity contribution in [2.75, 3.05) is 46.6 Å². The van der Waals surface area contributed by atoms with E-state index in [2.05, 4.69) is 25.6 Å². The molecule has 6 aromatic rings. The Morgan fingerprint density at radius 2 is 1.34 bits per heavy atom. The first-order valence-corrected chi connectivity index (χ1v) is 24.1. The fourth-order valence-electron chi connectivity index (χ4n) is 10.3. The first-order valence-electron chi connectivity index (χ1n) is 24.1. The van der Waals surface area contributed by atoms with Crippen LogP contribution in [0, 0.1) is 11.7 Å². The monoisotopic (exact) mass is 953 g/mol.